The van der Waals surface area contributed by atoms with E-state index in [1.165, 1.54) is 0 Å². The van der Waals surface area contributed by atoms with Crippen LogP contribution in [0.3, 0.4) is 0 Å². The number of unbranched alkanes of at least 4 members (excludes halogenated alkanes) is 2. The van der Waals surface area contributed by atoms with Crippen molar-refractivity contribution in [1.29, 1.82) is 5.26 Å². The molecule has 1 unspecified atom stereocenters. The van der Waals surface area contributed by atoms with Gasteiger partial charge in [0.25, 0.3) is 0 Å². The Morgan fingerprint density at radius 3 is 2.03 bits per heavy atom. The Balaban J connectivity index is 1.66. The molecular weight excluding hydrogens is 484 g/mol. The molecule has 1 saturated heterocycles. The fourth-order valence-corrected chi connectivity index (χ4v) is 4.32. The third kappa shape index (κ3) is 8.22. The van der Waals surface area contributed by atoms with Crippen LogP contribution in [0.4, 0.5) is 26.3 Å². The molecule has 0 bridgehead atoms. The van der Waals surface area contributed by atoms with Gasteiger partial charge in [-0.1, -0.05) is 30.3 Å². The highest BCUT2D eigenvalue weighted by Crippen LogP contribution is 2.36. The lowest BCUT2D eigenvalue weighted by Crippen LogP contribution is -2.48. The first-order chi connectivity index (χ1) is 17.1. The minimum Gasteiger partial charge on any atom is -0.375 e. The molecule has 0 amide bonds. The molecule has 1 heterocycles. The van der Waals surface area contributed by atoms with Crippen LogP contribution in [-0.4, -0.2) is 49.1 Å². The standard InChI is InChI=1S/C26H29F6N3O/c27-25(28,29)22-15-20(16-23(17-22)26(30,31)32)18-36-19-24(21-7-3-1-4-8-21)35-13-11-34(12-14-35)10-6-2-5-9-33/h1,3-4,7-8,15-17,24H,2,5-6,10-14,18-19H2. The van der Waals surface area contributed by atoms with E-state index < -0.39 is 23.5 Å². The normalized spacial score (nSPS) is 16.6. The number of hydrogen-bond donors (Lipinski definition) is 0. The van der Waals surface area contributed by atoms with Gasteiger partial charge in [-0.05, 0) is 48.7 Å². The second-order valence-corrected chi connectivity index (χ2v) is 8.85. The van der Waals surface area contributed by atoms with Gasteiger partial charge < -0.3 is 9.64 Å². The van der Waals surface area contributed by atoms with Gasteiger partial charge in [-0.3, -0.25) is 4.90 Å². The van der Waals surface area contributed by atoms with Crippen LogP contribution < -0.4 is 0 Å². The van der Waals surface area contributed by atoms with Crippen molar-refractivity contribution < 1.29 is 31.1 Å². The maximum absolute atomic E-state index is 13.2. The highest BCUT2D eigenvalue weighted by atomic mass is 19.4. The number of piperazine rings is 1. The summed E-state index contributed by atoms with van der Waals surface area (Å²) in [6.45, 7) is 3.85. The van der Waals surface area contributed by atoms with Crippen molar-refractivity contribution in [2.75, 3.05) is 39.3 Å². The Labute approximate surface area is 207 Å². The van der Waals surface area contributed by atoms with Crippen LogP contribution >= 0.6 is 0 Å². The van der Waals surface area contributed by atoms with E-state index >= 15 is 0 Å². The summed E-state index contributed by atoms with van der Waals surface area (Å²) in [5, 5.41) is 8.67. The minimum atomic E-state index is -4.89. The Morgan fingerprint density at radius 2 is 1.47 bits per heavy atom. The van der Waals surface area contributed by atoms with Gasteiger partial charge in [-0.25, -0.2) is 0 Å². The van der Waals surface area contributed by atoms with Crippen molar-refractivity contribution in [3.63, 3.8) is 0 Å². The van der Waals surface area contributed by atoms with E-state index in [0.29, 0.717) is 18.6 Å². The van der Waals surface area contributed by atoms with Crippen molar-refractivity contribution in [2.24, 2.45) is 0 Å². The lowest BCUT2D eigenvalue weighted by atomic mass is 10.0. The van der Waals surface area contributed by atoms with Gasteiger partial charge in [0.1, 0.15) is 0 Å². The second-order valence-electron chi connectivity index (χ2n) is 8.85. The summed E-state index contributed by atoms with van der Waals surface area (Å²) in [6.07, 6.45) is -7.42. The number of rotatable bonds is 10. The molecule has 36 heavy (non-hydrogen) atoms. The van der Waals surface area contributed by atoms with Gasteiger partial charge in [-0.2, -0.15) is 31.6 Å². The summed E-state index contributed by atoms with van der Waals surface area (Å²) in [4.78, 5) is 4.56. The number of alkyl halides is 6. The molecule has 196 valence electrons. The quantitative estimate of drug-likeness (QED) is 0.276. The molecule has 0 aliphatic carbocycles. The molecule has 2 aromatic carbocycles. The van der Waals surface area contributed by atoms with Crippen LogP contribution in [0, 0.1) is 11.3 Å². The molecule has 0 aromatic heterocycles. The van der Waals surface area contributed by atoms with Gasteiger partial charge in [0.15, 0.2) is 0 Å². The SMILES string of the molecule is N#CCCCCN1CCN(C(COCc2cc(C(F)(F)F)cc(C(F)(F)F)c2)c2ccccc2)CC1. The van der Waals surface area contributed by atoms with Gasteiger partial charge in [0, 0.05) is 32.6 Å². The number of nitrogens with zero attached hydrogens (tertiary/aromatic N) is 3. The van der Waals surface area contributed by atoms with E-state index in [4.69, 9.17) is 10.00 Å². The third-order valence-electron chi connectivity index (χ3n) is 6.24. The van der Waals surface area contributed by atoms with E-state index in [1.54, 1.807) is 0 Å². The Kier molecular flexibility index (Phi) is 9.77. The van der Waals surface area contributed by atoms with Crippen LogP contribution in [0.25, 0.3) is 0 Å². The summed E-state index contributed by atoms with van der Waals surface area (Å²) in [5.74, 6) is 0. The van der Waals surface area contributed by atoms with Crippen LogP contribution in [-0.2, 0) is 23.7 Å². The average Bonchev–Trinajstić information content (AvgIpc) is 2.84. The Morgan fingerprint density at radius 1 is 0.861 bits per heavy atom. The van der Waals surface area contributed by atoms with Crippen LogP contribution in [0.5, 0.6) is 0 Å². The number of nitriles is 1. The lowest BCUT2D eigenvalue weighted by molar-refractivity contribution is -0.143. The number of ether oxygens (including phenoxy) is 1. The first-order valence-corrected chi connectivity index (χ1v) is 11.8. The predicted octanol–water partition coefficient (Wildman–Crippen LogP) is 6.29. The molecule has 10 heteroatoms. The van der Waals surface area contributed by atoms with Crippen LogP contribution in [0.1, 0.15) is 47.6 Å². The van der Waals surface area contributed by atoms with E-state index in [-0.39, 0.29) is 30.9 Å². The zero-order chi connectivity index (χ0) is 26.2. The van der Waals surface area contributed by atoms with Gasteiger partial charge in [0.05, 0.1) is 36.5 Å². The molecular formula is C26H29F6N3O. The fraction of sp³-hybridized carbons (Fsp3) is 0.500. The Hall–Kier alpha value is -2.61. The summed E-state index contributed by atoms with van der Waals surface area (Å²) >= 11 is 0. The fourth-order valence-electron chi connectivity index (χ4n) is 4.32. The van der Waals surface area contributed by atoms with E-state index in [9.17, 15) is 26.3 Å². The highest BCUT2D eigenvalue weighted by Gasteiger charge is 2.37. The number of halogens is 6. The molecule has 4 nitrogen and oxygen atoms in total. The van der Waals surface area contributed by atoms with Gasteiger partial charge >= 0.3 is 12.4 Å². The van der Waals surface area contributed by atoms with E-state index in [1.807, 2.05) is 30.3 Å². The van der Waals surface area contributed by atoms with Crippen molar-refractivity contribution in [2.45, 2.75) is 44.3 Å². The summed E-state index contributed by atoms with van der Waals surface area (Å²) in [5.41, 5.74) is -1.89. The van der Waals surface area contributed by atoms with Crippen molar-refractivity contribution in [1.82, 2.24) is 9.80 Å². The molecule has 1 atom stereocenters. The first kappa shape index (κ1) is 28.0. The van der Waals surface area contributed by atoms with Crippen LogP contribution in [0.15, 0.2) is 48.5 Å². The van der Waals surface area contributed by atoms with Crippen molar-refractivity contribution >= 4 is 0 Å². The monoisotopic (exact) mass is 513 g/mol. The third-order valence-corrected chi connectivity index (χ3v) is 6.24. The van der Waals surface area contributed by atoms with E-state index in [2.05, 4.69) is 15.9 Å². The summed E-state index contributed by atoms with van der Waals surface area (Å²) in [7, 11) is 0. The lowest BCUT2D eigenvalue weighted by Gasteiger charge is -2.39. The van der Waals surface area contributed by atoms with Crippen molar-refractivity contribution in [3.8, 4) is 6.07 Å². The second kappa shape index (κ2) is 12.6. The molecule has 1 aliphatic rings. The topological polar surface area (TPSA) is 39.5 Å². The molecule has 2 aromatic rings. The molecule has 0 spiro atoms. The molecule has 0 N–H and O–H groups in total. The zero-order valence-electron chi connectivity index (χ0n) is 19.8. The number of hydrogen-bond acceptors (Lipinski definition) is 4. The largest absolute Gasteiger partial charge is 0.416 e. The first-order valence-electron chi connectivity index (χ1n) is 11.8. The summed E-state index contributed by atoms with van der Waals surface area (Å²) in [6, 6.07) is 13.0. The maximum atomic E-state index is 13.2. The molecule has 1 aliphatic heterocycles. The summed E-state index contributed by atoms with van der Waals surface area (Å²) < 4.78 is 84.7. The average molecular weight is 514 g/mol. The van der Waals surface area contributed by atoms with Crippen molar-refractivity contribution in [3.05, 3.63) is 70.8 Å². The minimum absolute atomic E-state index is 0.121. The zero-order valence-corrected chi connectivity index (χ0v) is 19.8. The van der Waals surface area contributed by atoms with Gasteiger partial charge in [-0.15, -0.1) is 0 Å². The maximum Gasteiger partial charge on any atom is 0.416 e. The molecule has 0 saturated carbocycles. The molecule has 3 rings (SSSR count). The molecule has 0 radical (unpaired) electrons. The van der Waals surface area contributed by atoms with Crippen LogP contribution in [0.2, 0.25) is 0 Å². The number of benzene rings is 2. The molecule has 1 fully saturated rings. The van der Waals surface area contributed by atoms with E-state index in [0.717, 1.165) is 51.1 Å². The van der Waals surface area contributed by atoms with Gasteiger partial charge in [0.2, 0.25) is 0 Å². The smallest absolute Gasteiger partial charge is 0.375 e. The Bertz CT molecular complexity index is 963. The predicted molar refractivity (Wildman–Crippen MR) is 123 cm³/mol. The highest BCUT2D eigenvalue weighted by molar-refractivity contribution is 5.33.